The second-order valence-electron chi connectivity index (χ2n) is 25.6. The fourth-order valence-corrected chi connectivity index (χ4v) is 11.0. The van der Waals surface area contributed by atoms with E-state index in [2.05, 4.69) is 129 Å². The Morgan fingerprint density at radius 3 is 1.02 bits per heavy atom. The highest BCUT2D eigenvalue weighted by molar-refractivity contribution is 7.45. The fraction of sp³-hybridized carbons (Fsp3) is 0.731. The highest BCUT2D eigenvalue weighted by Gasteiger charge is 2.23. The molecule has 0 spiro atoms. The van der Waals surface area contributed by atoms with Crippen molar-refractivity contribution in [3.63, 3.8) is 0 Å². The first kappa shape index (κ1) is 83.9. The van der Waals surface area contributed by atoms with E-state index in [1.54, 1.807) is 6.08 Å². The van der Waals surface area contributed by atoms with Crippen LogP contribution in [0.4, 0.5) is 0 Å². The molecule has 3 atom stereocenters. The third-order valence-corrected chi connectivity index (χ3v) is 16.9. The number of nitrogens with one attached hydrogen (secondary N) is 1. The van der Waals surface area contributed by atoms with Crippen molar-refractivity contribution in [1.29, 1.82) is 0 Å². The van der Waals surface area contributed by atoms with Crippen LogP contribution in [-0.4, -0.2) is 68.5 Å². The summed E-state index contributed by atoms with van der Waals surface area (Å²) in [6.07, 6.45) is 100. The van der Waals surface area contributed by atoms with Gasteiger partial charge in [0.05, 0.1) is 39.9 Å². The summed E-state index contributed by atoms with van der Waals surface area (Å²) in [6, 6.07) is -0.897. The summed E-state index contributed by atoms with van der Waals surface area (Å²) < 4.78 is 23.5. The molecule has 87 heavy (non-hydrogen) atoms. The SMILES string of the molecule is CC/C=C\C/C=C\C/C=C\C/C=C\C/C=C\C/C=C\C/C=C\C/C=C\C/C=C\CCCCCCCCCCCCCC(=O)NC(COP(=O)([O-])OCC[N+](C)(C)C)C(O)/C=C/CCCCCCCCCCCCCCCCCCCCCCCCCC. The number of hydrogen-bond acceptors (Lipinski definition) is 6. The topological polar surface area (TPSA) is 108 Å². The van der Waals surface area contributed by atoms with Gasteiger partial charge in [0.1, 0.15) is 13.2 Å². The zero-order chi connectivity index (χ0) is 63.4. The van der Waals surface area contributed by atoms with Crippen molar-refractivity contribution in [2.75, 3.05) is 40.9 Å². The number of aliphatic hydroxyl groups is 1. The highest BCUT2D eigenvalue weighted by atomic mass is 31.2. The number of carbonyl (C=O) groups is 1. The number of nitrogens with zero attached hydrogens (tertiary/aromatic N) is 1. The number of aliphatic hydroxyl groups excluding tert-OH is 1. The number of phosphoric acid groups is 1. The van der Waals surface area contributed by atoms with E-state index in [1.807, 2.05) is 27.2 Å². The number of amides is 1. The molecule has 0 radical (unpaired) electrons. The molecule has 502 valence electrons. The number of hydrogen-bond donors (Lipinski definition) is 2. The second kappa shape index (κ2) is 67.3. The number of quaternary nitrogens is 1. The van der Waals surface area contributed by atoms with E-state index in [9.17, 15) is 19.4 Å². The van der Waals surface area contributed by atoms with Crippen LogP contribution >= 0.6 is 7.82 Å². The Hall–Kier alpha value is -3.10. The first-order chi connectivity index (χ1) is 42.5. The van der Waals surface area contributed by atoms with E-state index in [0.717, 1.165) is 103 Å². The average Bonchev–Trinajstić information content (AvgIpc) is 3.69. The van der Waals surface area contributed by atoms with Gasteiger partial charge in [0.15, 0.2) is 0 Å². The molecule has 1 amide bonds. The normalized spacial score (nSPS) is 14.3. The predicted molar refractivity (Wildman–Crippen MR) is 380 cm³/mol. The number of likely N-dealkylation sites (N-methyl/N-ethyl adjacent to an activating group) is 1. The molecule has 9 heteroatoms. The smallest absolute Gasteiger partial charge is 0.268 e. The summed E-state index contributed by atoms with van der Waals surface area (Å²) in [5, 5.41) is 14.0. The zero-order valence-electron chi connectivity index (χ0n) is 57.4. The Morgan fingerprint density at radius 1 is 0.414 bits per heavy atom. The molecule has 0 fully saturated rings. The molecule has 2 N–H and O–H groups in total. The van der Waals surface area contributed by atoms with Crippen LogP contribution in [-0.2, 0) is 18.4 Å². The Balaban J connectivity index is 4.10. The van der Waals surface area contributed by atoms with Gasteiger partial charge in [0, 0.05) is 6.42 Å². The first-order valence-corrected chi connectivity index (χ1v) is 37.9. The lowest BCUT2D eigenvalue weighted by Crippen LogP contribution is -2.45. The van der Waals surface area contributed by atoms with Crippen molar-refractivity contribution in [2.45, 2.75) is 328 Å². The molecule has 0 saturated carbocycles. The summed E-state index contributed by atoms with van der Waals surface area (Å²) in [5.41, 5.74) is 0. The minimum atomic E-state index is -4.61. The minimum absolute atomic E-state index is 0.00580. The van der Waals surface area contributed by atoms with Crippen LogP contribution in [0.15, 0.2) is 122 Å². The first-order valence-electron chi connectivity index (χ1n) is 36.4. The largest absolute Gasteiger partial charge is 0.756 e. The Bertz CT molecular complexity index is 1840. The lowest BCUT2D eigenvalue weighted by atomic mass is 10.0. The van der Waals surface area contributed by atoms with Gasteiger partial charge in [-0.3, -0.25) is 9.36 Å². The molecule has 8 nitrogen and oxygen atoms in total. The van der Waals surface area contributed by atoms with Gasteiger partial charge >= 0.3 is 0 Å². The molecule has 0 aliphatic carbocycles. The molecule has 3 unspecified atom stereocenters. The van der Waals surface area contributed by atoms with Gasteiger partial charge in [-0.15, -0.1) is 0 Å². The summed E-state index contributed by atoms with van der Waals surface area (Å²) in [6.45, 7) is 4.56. The lowest BCUT2D eigenvalue weighted by molar-refractivity contribution is -0.870. The van der Waals surface area contributed by atoms with Gasteiger partial charge in [0.2, 0.25) is 5.91 Å². The molecule has 0 aromatic carbocycles. The number of unbranched alkanes of at least 4 members (excludes halogenated alkanes) is 35. The maximum absolute atomic E-state index is 13.1. The van der Waals surface area contributed by atoms with Crippen LogP contribution in [0.5, 0.6) is 0 Å². The van der Waals surface area contributed by atoms with Crippen LogP contribution in [0, 0.1) is 0 Å². The number of phosphoric ester groups is 1. The van der Waals surface area contributed by atoms with E-state index in [1.165, 1.54) is 193 Å². The molecular formula is C78H139N2O6P. The molecule has 0 saturated heterocycles. The Morgan fingerprint density at radius 2 is 0.701 bits per heavy atom. The quantitative estimate of drug-likeness (QED) is 0.0272. The molecule has 0 heterocycles. The maximum Gasteiger partial charge on any atom is 0.268 e. The minimum Gasteiger partial charge on any atom is -0.756 e. The third-order valence-electron chi connectivity index (χ3n) is 15.9. The summed E-state index contributed by atoms with van der Waals surface area (Å²) in [5.74, 6) is -0.201. The van der Waals surface area contributed by atoms with Crippen molar-refractivity contribution in [2.24, 2.45) is 0 Å². The van der Waals surface area contributed by atoms with Crippen LogP contribution in [0.1, 0.15) is 316 Å². The van der Waals surface area contributed by atoms with E-state index < -0.39 is 20.0 Å². The molecule has 0 aliphatic heterocycles. The highest BCUT2D eigenvalue weighted by Crippen LogP contribution is 2.38. The van der Waals surface area contributed by atoms with Crippen LogP contribution in [0.3, 0.4) is 0 Å². The summed E-state index contributed by atoms with van der Waals surface area (Å²) in [4.78, 5) is 25.7. The number of carbonyl (C=O) groups excluding carboxylic acids is 1. The van der Waals surface area contributed by atoms with Crippen molar-refractivity contribution >= 4 is 13.7 Å². The van der Waals surface area contributed by atoms with E-state index in [4.69, 9.17) is 9.05 Å². The Kier molecular flexibility index (Phi) is 64.9. The van der Waals surface area contributed by atoms with Crippen molar-refractivity contribution < 1.29 is 32.9 Å². The van der Waals surface area contributed by atoms with Gasteiger partial charge < -0.3 is 28.8 Å². The third kappa shape index (κ3) is 70.2. The van der Waals surface area contributed by atoms with Crippen LogP contribution in [0.25, 0.3) is 0 Å². The molecular weight excluding hydrogens is 1090 g/mol. The standard InChI is InChI=1S/C78H139N2O6P/c1-6-8-10-12-14-16-18-20-22-24-26-28-30-32-34-35-36-37-38-39-40-41-42-43-44-45-46-48-50-52-54-56-58-60-62-64-66-68-70-72-78(82)79-76(75-86-87(83,84)85-74-73-80(3,4)5)77(81)71-69-67-65-63-61-59-57-55-53-51-49-47-33-31-29-27-25-23-21-19-17-15-13-11-9-7-2/h8,10,14,16,20,22,26,28,32,34,36-37,39-40,42-43,45-46,69,71,76-77,81H,6-7,9,11-13,15,17-19,21,23-25,27,29-31,33,35,38,41,44,47-68,70,72-75H2,1-5H3,(H-,79,82,83,84)/b10-8-,16-14-,22-20-,28-26-,34-32-,37-36-,40-39-,43-42-,46-45-,71-69+. The van der Waals surface area contributed by atoms with E-state index in [0.29, 0.717) is 17.4 Å². The van der Waals surface area contributed by atoms with Gasteiger partial charge in [0.25, 0.3) is 7.82 Å². The summed E-state index contributed by atoms with van der Waals surface area (Å²) in [7, 11) is 1.26. The van der Waals surface area contributed by atoms with Gasteiger partial charge in [-0.1, -0.05) is 341 Å². The number of rotatable bonds is 66. The second-order valence-corrected chi connectivity index (χ2v) is 27.0. The van der Waals surface area contributed by atoms with Gasteiger partial charge in [-0.25, -0.2) is 0 Å². The van der Waals surface area contributed by atoms with E-state index >= 15 is 0 Å². The maximum atomic E-state index is 13.1. The van der Waals surface area contributed by atoms with Crippen molar-refractivity contribution in [3.05, 3.63) is 122 Å². The predicted octanol–water partition coefficient (Wildman–Crippen LogP) is 23.0. The van der Waals surface area contributed by atoms with Crippen LogP contribution in [0.2, 0.25) is 0 Å². The van der Waals surface area contributed by atoms with Crippen molar-refractivity contribution in [1.82, 2.24) is 5.32 Å². The fourth-order valence-electron chi connectivity index (χ4n) is 10.3. The van der Waals surface area contributed by atoms with Crippen molar-refractivity contribution in [3.8, 4) is 0 Å². The van der Waals surface area contributed by atoms with Crippen LogP contribution < -0.4 is 10.2 Å². The zero-order valence-corrected chi connectivity index (χ0v) is 58.3. The number of allylic oxidation sites excluding steroid dienone is 19. The molecule has 0 aromatic heterocycles. The molecule has 0 rings (SSSR count). The molecule has 0 bridgehead atoms. The Labute approximate surface area is 539 Å². The van der Waals surface area contributed by atoms with Gasteiger partial charge in [-0.2, -0.15) is 0 Å². The molecule has 0 aliphatic rings. The lowest BCUT2D eigenvalue weighted by Gasteiger charge is -2.29. The van der Waals surface area contributed by atoms with Gasteiger partial charge in [-0.05, 0) is 89.9 Å². The van der Waals surface area contributed by atoms with E-state index in [-0.39, 0.29) is 19.1 Å². The molecule has 0 aromatic rings. The average molecular weight is 1230 g/mol. The monoisotopic (exact) mass is 1230 g/mol. The summed E-state index contributed by atoms with van der Waals surface area (Å²) >= 11 is 0.